The van der Waals surface area contributed by atoms with Crippen LogP contribution in [-0.2, 0) is 0 Å². The fraction of sp³-hybridized carbons (Fsp3) is 0.286. The van der Waals surface area contributed by atoms with Gasteiger partial charge in [0.05, 0.1) is 26.5 Å². The van der Waals surface area contributed by atoms with Crippen molar-refractivity contribution in [2.24, 2.45) is 0 Å². The molecule has 0 saturated carbocycles. The minimum Gasteiger partial charge on any atom is -0.273 e. The maximum atomic E-state index is 8.43. The monoisotopic (exact) mass is 136 g/mol. The molecule has 0 saturated heterocycles. The predicted octanol–water partition coefficient (Wildman–Crippen LogP) is 0.802. The van der Waals surface area contributed by atoms with Gasteiger partial charge in [-0.05, 0) is 0 Å². The summed E-state index contributed by atoms with van der Waals surface area (Å²) in [4.78, 5) is 1.46. The molecule has 0 bridgehead atoms. The second kappa shape index (κ2) is 2.16. The van der Waals surface area contributed by atoms with Gasteiger partial charge in [0.25, 0.3) is 0 Å². The summed E-state index contributed by atoms with van der Waals surface area (Å²) in [6.45, 7) is 0. The van der Waals surface area contributed by atoms with E-state index < -0.39 is 0 Å². The molecule has 0 aliphatic carbocycles. The van der Waals surface area contributed by atoms with Crippen LogP contribution in [0.2, 0.25) is 0 Å². The van der Waals surface area contributed by atoms with E-state index >= 15 is 0 Å². The van der Waals surface area contributed by atoms with Crippen LogP contribution in [0.5, 0.6) is 0 Å². The zero-order valence-electron chi connectivity index (χ0n) is 6.15. The lowest BCUT2D eigenvalue weighted by atomic mass is 10.5. The molecule has 0 amide bonds. The molecule has 1 rings (SSSR count). The number of nitrogens with zero attached hydrogens (tertiary/aromatic N) is 3. The normalized spacial score (nSPS) is 20.7. The molecule has 0 spiro atoms. The van der Waals surface area contributed by atoms with Gasteiger partial charge in [-0.15, -0.1) is 0 Å². The fourth-order valence-electron chi connectivity index (χ4n) is 0.653. The number of hydrogen-bond acceptors (Lipinski definition) is 2. The van der Waals surface area contributed by atoms with Crippen LogP contribution in [-0.4, -0.2) is 23.5 Å². The molecular formula is C7H10N3+. The van der Waals surface area contributed by atoms with Gasteiger partial charge in [-0.3, -0.25) is 9.38 Å². The summed E-state index contributed by atoms with van der Waals surface area (Å²) < 4.78 is 0.693. The summed E-state index contributed by atoms with van der Waals surface area (Å²) in [7, 11) is 4.06. The Balaban J connectivity index is 2.73. The van der Waals surface area contributed by atoms with Gasteiger partial charge >= 0.3 is 0 Å². The van der Waals surface area contributed by atoms with E-state index in [1.165, 1.54) is 4.90 Å². The van der Waals surface area contributed by atoms with E-state index in [1.54, 1.807) is 12.4 Å². The number of quaternary nitrogens is 1. The summed E-state index contributed by atoms with van der Waals surface area (Å²) in [5.41, 5.74) is 0. The first-order valence-corrected chi connectivity index (χ1v) is 3.04. The quantitative estimate of drug-likeness (QED) is 0.364. The average molecular weight is 136 g/mol. The molecule has 52 valence electrons. The Labute approximate surface area is 60.7 Å². The predicted molar refractivity (Wildman–Crippen MR) is 37.8 cm³/mol. The van der Waals surface area contributed by atoms with Gasteiger partial charge in [0.2, 0.25) is 0 Å². The number of nitriles is 1. The molecular weight excluding hydrogens is 126 g/mol. The highest BCUT2D eigenvalue weighted by molar-refractivity contribution is 4.99. The minimum atomic E-state index is 0.693. The van der Waals surface area contributed by atoms with Gasteiger partial charge in [-0.2, -0.15) is 5.26 Å². The van der Waals surface area contributed by atoms with E-state index in [-0.39, 0.29) is 0 Å². The van der Waals surface area contributed by atoms with Crippen molar-refractivity contribution in [3.05, 3.63) is 24.8 Å². The van der Waals surface area contributed by atoms with Crippen LogP contribution in [0.25, 0.3) is 0 Å². The molecule has 0 unspecified atom stereocenters. The first-order valence-electron chi connectivity index (χ1n) is 3.04. The lowest BCUT2D eigenvalue weighted by Crippen LogP contribution is -2.29. The molecule has 1 heterocycles. The number of hydrogen-bond donors (Lipinski definition) is 0. The molecule has 0 radical (unpaired) electrons. The maximum absolute atomic E-state index is 8.43. The Kier molecular flexibility index (Phi) is 1.48. The molecule has 0 aromatic rings. The largest absolute Gasteiger partial charge is 0.273 e. The van der Waals surface area contributed by atoms with Crippen LogP contribution >= 0.6 is 0 Å². The molecule has 0 aromatic carbocycles. The average Bonchev–Trinajstić information content (AvgIpc) is 1.88. The lowest BCUT2D eigenvalue weighted by Gasteiger charge is -2.23. The molecule has 0 fully saturated rings. The van der Waals surface area contributed by atoms with Crippen LogP contribution in [0.4, 0.5) is 0 Å². The third kappa shape index (κ3) is 1.36. The van der Waals surface area contributed by atoms with E-state index in [0.29, 0.717) is 4.48 Å². The zero-order valence-corrected chi connectivity index (χ0v) is 6.15. The summed E-state index contributed by atoms with van der Waals surface area (Å²) in [6, 6.07) is 0. The van der Waals surface area contributed by atoms with Gasteiger partial charge in [0.15, 0.2) is 6.19 Å². The Bertz CT molecular complexity index is 203. The van der Waals surface area contributed by atoms with Crippen molar-refractivity contribution in [1.82, 2.24) is 4.90 Å². The fourth-order valence-corrected chi connectivity index (χ4v) is 0.653. The Morgan fingerprint density at radius 3 is 2.20 bits per heavy atom. The summed E-state index contributed by atoms with van der Waals surface area (Å²) in [5.74, 6) is 0. The third-order valence-electron chi connectivity index (χ3n) is 1.34. The smallest absolute Gasteiger partial charge is 0.188 e. The standard InChI is InChI=1S/C7H10N3/c1-10(2)5-3-9(7-8)4-6-10/h3-6H,1-2H3/q+1. The van der Waals surface area contributed by atoms with Crippen molar-refractivity contribution in [3.8, 4) is 6.19 Å². The van der Waals surface area contributed by atoms with Crippen molar-refractivity contribution in [2.75, 3.05) is 14.1 Å². The zero-order chi connectivity index (χ0) is 7.61. The van der Waals surface area contributed by atoms with E-state index in [2.05, 4.69) is 0 Å². The summed E-state index contributed by atoms with van der Waals surface area (Å²) in [6.07, 6.45) is 9.36. The van der Waals surface area contributed by atoms with E-state index in [1.807, 2.05) is 32.7 Å². The van der Waals surface area contributed by atoms with Crippen molar-refractivity contribution in [1.29, 1.82) is 5.26 Å². The molecule has 1 aliphatic rings. The van der Waals surface area contributed by atoms with Crippen LogP contribution in [0.1, 0.15) is 0 Å². The highest BCUT2D eigenvalue weighted by Gasteiger charge is 2.11. The molecule has 3 nitrogen and oxygen atoms in total. The second-order valence-electron chi connectivity index (χ2n) is 2.73. The molecule has 10 heavy (non-hydrogen) atoms. The van der Waals surface area contributed by atoms with Gasteiger partial charge < -0.3 is 0 Å². The second-order valence-corrected chi connectivity index (χ2v) is 2.73. The van der Waals surface area contributed by atoms with Crippen molar-refractivity contribution >= 4 is 0 Å². The molecule has 1 aliphatic heterocycles. The van der Waals surface area contributed by atoms with Crippen LogP contribution < -0.4 is 0 Å². The van der Waals surface area contributed by atoms with E-state index in [9.17, 15) is 0 Å². The van der Waals surface area contributed by atoms with Crippen molar-refractivity contribution in [3.63, 3.8) is 0 Å². The highest BCUT2D eigenvalue weighted by atomic mass is 15.3. The third-order valence-corrected chi connectivity index (χ3v) is 1.34. The molecule has 3 heteroatoms. The van der Waals surface area contributed by atoms with Gasteiger partial charge in [0.1, 0.15) is 12.4 Å². The Morgan fingerprint density at radius 2 is 1.80 bits per heavy atom. The SMILES string of the molecule is C[N+]1(C)C=CN(C#N)C=C1. The lowest BCUT2D eigenvalue weighted by molar-refractivity contribution is -0.785. The Hall–Kier alpha value is -1.27. The van der Waals surface area contributed by atoms with Crippen LogP contribution in [0, 0.1) is 11.5 Å². The summed E-state index contributed by atoms with van der Waals surface area (Å²) in [5, 5.41) is 8.43. The molecule has 0 atom stereocenters. The Morgan fingerprint density at radius 1 is 1.30 bits per heavy atom. The van der Waals surface area contributed by atoms with Crippen LogP contribution in [0.15, 0.2) is 24.8 Å². The first kappa shape index (κ1) is 6.84. The molecule has 0 N–H and O–H groups in total. The van der Waals surface area contributed by atoms with Gasteiger partial charge in [-0.1, -0.05) is 0 Å². The van der Waals surface area contributed by atoms with E-state index in [0.717, 1.165) is 0 Å². The van der Waals surface area contributed by atoms with Gasteiger partial charge in [-0.25, -0.2) is 0 Å². The molecule has 0 aromatic heterocycles. The highest BCUT2D eigenvalue weighted by Crippen LogP contribution is 2.07. The van der Waals surface area contributed by atoms with Gasteiger partial charge in [0, 0.05) is 0 Å². The maximum Gasteiger partial charge on any atom is 0.188 e. The van der Waals surface area contributed by atoms with Crippen molar-refractivity contribution in [2.45, 2.75) is 0 Å². The van der Waals surface area contributed by atoms with E-state index in [4.69, 9.17) is 5.26 Å². The first-order chi connectivity index (χ1) is 4.64. The minimum absolute atomic E-state index is 0.693. The topological polar surface area (TPSA) is 27.0 Å². The summed E-state index contributed by atoms with van der Waals surface area (Å²) >= 11 is 0. The number of rotatable bonds is 0. The van der Waals surface area contributed by atoms with Crippen LogP contribution in [0.3, 0.4) is 0 Å². The van der Waals surface area contributed by atoms with Crippen molar-refractivity contribution < 1.29 is 4.48 Å².